The van der Waals surface area contributed by atoms with Gasteiger partial charge in [0.1, 0.15) is 0 Å². The van der Waals surface area contributed by atoms with Crippen LogP contribution >= 0.6 is 0 Å². The summed E-state index contributed by atoms with van der Waals surface area (Å²) in [5.74, 6) is -0.355. The number of carbonyl (C=O) groups is 2. The summed E-state index contributed by atoms with van der Waals surface area (Å²) in [4.78, 5) is 23.5. The lowest BCUT2D eigenvalue weighted by Crippen LogP contribution is -2.54. The molecule has 0 aromatic carbocycles. The van der Waals surface area contributed by atoms with Crippen molar-refractivity contribution in [1.29, 1.82) is 0 Å². The molecule has 0 radical (unpaired) electrons. The SMILES string of the molecule is COC(=O)C1(N(C)C=O)CCNC1. The smallest absolute Gasteiger partial charge is 0.333 e. The molecule has 1 amide bonds. The summed E-state index contributed by atoms with van der Waals surface area (Å²) in [5.41, 5.74) is -0.795. The molecular weight excluding hydrogens is 172 g/mol. The second-order valence-corrected chi connectivity index (χ2v) is 3.17. The Bertz CT molecular complexity index is 211. The predicted octanol–water partition coefficient (Wildman–Crippen LogP) is -1.02. The summed E-state index contributed by atoms with van der Waals surface area (Å²) in [6.45, 7) is 1.20. The summed E-state index contributed by atoms with van der Waals surface area (Å²) in [6, 6.07) is 0. The molecule has 1 unspecified atom stereocenters. The fourth-order valence-corrected chi connectivity index (χ4v) is 1.59. The summed E-state index contributed by atoms with van der Waals surface area (Å²) in [6.07, 6.45) is 1.26. The quantitative estimate of drug-likeness (QED) is 0.453. The van der Waals surface area contributed by atoms with Gasteiger partial charge in [0, 0.05) is 13.6 Å². The van der Waals surface area contributed by atoms with Crippen LogP contribution in [0.15, 0.2) is 0 Å². The number of carbonyl (C=O) groups excluding carboxylic acids is 2. The largest absolute Gasteiger partial charge is 0.467 e. The Morgan fingerprint density at radius 3 is 2.77 bits per heavy atom. The van der Waals surface area contributed by atoms with E-state index in [0.717, 1.165) is 6.54 Å². The molecule has 1 N–H and O–H groups in total. The molecule has 1 saturated heterocycles. The molecule has 1 aliphatic heterocycles. The molecule has 1 fully saturated rings. The van der Waals surface area contributed by atoms with E-state index < -0.39 is 5.54 Å². The summed E-state index contributed by atoms with van der Waals surface area (Å²) in [5, 5.41) is 3.04. The van der Waals surface area contributed by atoms with E-state index in [-0.39, 0.29) is 5.97 Å². The van der Waals surface area contributed by atoms with E-state index in [0.29, 0.717) is 19.4 Å². The maximum absolute atomic E-state index is 11.5. The third kappa shape index (κ3) is 1.51. The van der Waals surface area contributed by atoms with Crippen molar-refractivity contribution in [2.45, 2.75) is 12.0 Å². The Balaban J connectivity index is 2.86. The lowest BCUT2D eigenvalue weighted by molar-refractivity contribution is -0.155. The molecule has 74 valence electrons. The molecule has 0 spiro atoms. The first-order valence-electron chi connectivity index (χ1n) is 4.15. The van der Waals surface area contributed by atoms with Crippen molar-refractivity contribution in [2.24, 2.45) is 0 Å². The van der Waals surface area contributed by atoms with Gasteiger partial charge >= 0.3 is 5.97 Å². The van der Waals surface area contributed by atoms with Gasteiger partial charge in [0.05, 0.1) is 7.11 Å². The maximum atomic E-state index is 11.5. The Morgan fingerprint density at radius 1 is 1.69 bits per heavy atom. The first-order chi connectivity index (χ1) is 6.17. The molecule has 1 rings (SSSR count). The summed E-state index contributed by atoms with van der Waals surface area (Å²) in [7, 11) is 2.93. The zero-order valence-electron chi connectivity index (χ0n) is 7.87. The second-order valence-electron chi connectivity index (χ2n) is 3.17. The fourth-order valence-electron chi connectivity index (χ4n) is 1.59. The van der Waals surface area contributed by atoms with Gasteiger partial charge in [-0.15, -0.1) is 0 Å². The fraction of sp³-hybridized carbons (Fsp3) is 0.750. The number of hydrogen-bond donors (Lipinski definition) is 1. The van der Waals surface area contributed by atoms with Gasteiger partial charge in [-0.3, -0.25) is 4.79 Å². The van der Waals surface area contributed by atoms with E-state index in [9.17, 15) is 9.59 Å². The lowest BCUT2D eigenvalue weighted by atomic mass is 9.97. The number of rotatable bonds is 3. The molecule has 0 bridgehead atoms. The molecule has 0 saturated carbocycles. The third-order valence-electron chi connectivity index (χ3n) is 2.53. The molecule has 13 heavy (non-hydrogen) atoms. The highest BCUT2D eigenvalue weighted by molar-refractivity contribution is 5.84. The van der Waals surface area contributed by atoms with Crippen molar-refractivity contribution in [3.63, 3.8) is 0 Å². The first kappa shape index (κ1) is 9.98. The predicted molar refractivity (Wildman–Crippen MR) is 46.1 cm³/mol. The van der Waals surface area contributed by atoms with Gasteiger partial charge < -0.3 is 15.0 Å². The normalized spacial score (nSPS) is 26.9. The Labute approximate surface area is 77.0 Å². The number of nitrogens with zero attached hydrogens (tertiary/aromatic N) is 1. The highest BCUT2D eigenvalue weighted by atomic mass is 16.5. The van der Waals surface area contributed by atoms with Crippen LogP contribution in [0.25, 0.3) is 0 Å². The number of methoxy groups -OCH3 is 1. The van der Waals surface area contributed by atoms with Crippen molar-refractivity contribution in [3.05, 3.63) is 0 Å². The van der Waals surface area contributed by atoms with Gasteiger partial charge in [-0.2, -0.15) is 0 Å². The van der Waals surface area contributed by atoms with E-state index >= 15 is 0 Å². The number of nitrogens with one attached hydrogen (secondary N) is 1. The molecule has 5 heteroatoms. The van der Waals surface area contributed by atoms with Crippen LogP contribution in [0, 0.1) is 0 Å². The second kappa shape index (κ2) is 3.74. The molecule has 1 atom stereocenters. The molecule has 1 heterocycles. The first-order valence-corrected chi connectivity index (χ1v) is 4.15. The molecule has 1 aliphatic rings. The average Bonchev–Trinajstić information content (AvgIpc) is 2.65. The minimum atomic E-state index is -0.795. The van der Waals surface area contributed by atoms with E-state index in [2.05, 4.69) is 10.1 Å². The molecule has 0 aliphatic carbocycles. The van der Waals surface area contributed by atoms with Crippen molar-refractivity contribution >= 4 is 12.4 Å². The zero-order valence-corrected chi connectivity index (χ0v) is 7.87. The van der Waals surface area contributed by atoms with Crippen LogP contribution in [0.4, 0.5) is 0 Å². The highest BCUT2D eigenvalue weighted by Crippen LogP contribution is 2.22. The van der Waals surface area contributed by atoms with Gasteiger partial charge in [-0.05, 0) is 13.0 Å². The third-order valence-corrected chi connectivity index (χ3v) is 2.53. The van der Waals surface area contributed by atoms with Crippen molar-refractivity contribution in [3.8, 4) is 0 Å². The van der Waals surface area contributed by atoms with Crippen molar-refractivity contribution < 1.29 is 14.3 Å². The standard InChI is InChI=1S/C8H14N2O3/c1-10(6-11)8(7(12)13-2)3-4-9-5-8/h6,9H,3-5H2,1-2H3. The van der Waals surface area contributed by atoms with Crippen LogP contribution in [-0.2, 0) is 14.3 Å². The lowest BCUT2D eigenvalue weighted by Gasteiger charge is -2.32. The van der Waals surface area contributed by atoms with E-state index in [4.69, 9.17) is 0 Å². The van der Waals surface area contributed by atoms with Crippen LogP contribution in [0.2, 0.25) is 0 Å². The number of likely N-dealkylation sites (N-methyl/N-ethyl adjacent to an activating group) is 1. The van der Waals surface area contributed by atoms with Crippen LogP contribution in [0.5, 0.6) is 0 Å². The van der Waals surface area contributed by atoms with Gasteiger partial charge in [-0.1, -0.05) is 0 Å². The minimum Gasteiger partial charge on any atom is -0.467 e. The van der Waals surface area contributed by atoms with E-state index in [1.165, 1.54) is 12.0 Å². The molecule has 0 aromatic heterocycles. The molecule has 5 nitrogen and oxygen atoms in total. The Hall–Kier alpha value is -1.10. The molecular formula is C8H14N2O3. The van der Waals surface area contributed by atoms with E-state index in [1.54, 1.807) is 7.05 Å². The minimum absolute atomic E-state index is 0.355. The zero-order chi connectivity index (χ0) is 9.90. The van der Waals surface area contributed by atoms with Gasteiger partial charge in [0.15, 0.2) is 5.54 Å². The van der Waals surface area contributed by atoms with Gasteiger partial charge in [0.2, 0.25) is 6.41 Å². The van der Waals surface area contributed by atoms with Crippen LogP contribution in [0.3, 0.4) is 0 Å². The van der Waals surface area contributed by atoms with Crippen LogP contribution in [0.1, 0.15) is 6.42 Å². The maximum Gasteiger partial charge on any atom is 0.333 e. The van der Waals surface area contributed by atoms with Gasteiger partial charge in [-0.25, -0.2) is 4.79 Å². The van der Waals surface area contributed by atoms with Crippen molar-refractivity contribution in [2.75, 3.05) is 27.2 Å². The topological polar surface area (TPSA) is 58.6 Å². The average molecular weight is 186 g/mol. The highest BCUT2D eigenvalue weighted by Gasteiger charge is 2.45. The molecule has 0 aromatic rings. The number of ether oxygens (including phenoxy) is 1. The number of esters is 1. The monoisotopic (exact) mass is 186 g/mol. The van der Waals surface area contributed by atoms with Crippen LogP contribution < -0.4 is 5.32 Å². The number of amides is 1. The van der Waals surface area contributed by atoms with Gasteiger partial charge in [0.25, 0.3) is 0 Å². The summed E-state index contributed by atoms with van der Waals surface area (Å²) >= 11 is 0. The van der Waals surface area contributed by atoms with Crippen molar-refractivity contribution in [1.82, 2.24) is 10.2 Å². The Morgan fingerprint density at radius 2 is 2.38 bits per heavy atom. The van der Waals surface area contributed by atoms with E-state index in [1.807, 2.05) is 0 Å². The Kier molecular flexibility index (Phi) is 2.87. The summed E-state index contributed by atoms with van der Waals surface area (Å²) < 4.78 is 4.68. The number of hydrogen-bond acceptors (Lipinski definition) is 4. The van der Waals surface area contributed by atoms with Crippen LogP contribution in [-0.4, -0.2) is 50.1 Å².